The van der Waals surface area contributed by atoms with Crippen molar-refractivity contribution >= 4 is 11.8 Å². The zero-order valence-electron chi connectivity index (χ0n) is 14.6. The zero-order chi connectivity index (χ0) is 16.1. The summed E-state index contributed by atoms with van der Waals surface area (Å²) in [6.45, 7) is 8.03. The highest BCUT2D eigenvalue weighted by molar-refractivity contribution is 5.92. The van der Waals surface area contributed by atoms with Crippen LogP contribution in [-0.2, 0) is 9.59 Å². The predicted molar refractivity (Wildman–Crippen MR) is 89.1 cm³/mol. The summed E-state index contributed by atoms with van der Waals surface area (Å²) < 4.78 is 0. The minimum absolute atomic E-state index is 0.116. The number of rotatable bonds is 12. The third kappa shape index (κ3) is 10.5. The summed E-state index contributed by atoms with van der Waals surface area (Å²) in [5.74, 6) is 0.246. The fourth-order valence-electron chi connectivity index (χ4n) is 2.78. The smallest absolute Gasteiger partial charge is 0.226 e. The molecule has 0 aliphatic heterocycles. The highest BCUT2D eigenvalue weighted by Crippen LogP contribution is 2.20. The average molecular weight is 297 g/mol. The molecule has 0 atom stereocenters. The largest absolute Gasteiger partial charge is 0.283 e. The Labute approximate surface area is 131 Å². The van der Waals surface area contributed by atoms with E-state index in [4.69, 9.17) is 0 Å². The van der Waals surface area contributed by atoms with Crippen molar-refractivity contribution in [3.05, 3.63) is 0 Å². The van der Waals surface area contributed by atoms with Crippen molar-refractivity contribution in [2.75, 3.05) is 6.54 Å². The fraction of sp³-hybridized carbons (Fsp3) is 0.889. The van der Waals surface area contributed by atoms with Gasteiger partial charge in [-0.2, -0.15) is 0 Å². The van der Waals surface area contributed by atoms with Crippen LogP contribution in [0.1, 0.15) is 91.9 Å². The summed E-state index contributed by atoms with van der Waals surface area (Å²) in [4.78, 5) is 24.6. The van der Waals surface area contributed by atoms with Gasteiger partial charge in [-0.05, 0) is 18.8 Å². The molecule has 0 rings (SSSR count). The van der Waals surface area contributed by atoms with Crippen molar-refractivity contribution in [1.29, 1.82) is 0 Å². The molecule has 0 aliphatic rings. The Morgan fingerprint density at radius 1 is 0.762 bits per heavy atom. The Bertz CT molecular complexity index is 263. The van der Waals surface area contributed by atoms with E-state index in [9.17, 15) is 9.59 Å². The molecular weight excluding hydrogens is 262 g/mol. The Kier molecular flexibility index (Phi) is 12.3. The van der Waals surface area contributed by atoms with Gasteiger partial charge in [-0.1, -0.05) is 65.2 Å². The summed E-state index contributed by atoms with van der Waals surface area (Å²) in [5, 5.41) is 0. The summed E-state index contributed by atoms with van der Waals surface area (Å²) in [5.41, 5.74) is 0. The molecule has 0 aliphatic carbocycles. The van der Waals surface area contributed by atoms with Gasteiger partial charge in [-0.25, -0.2) is 0 Å². The standard InChI is InChI=1S/C18H35NO2/c1-5-7-9-11-13-18(14-12-10-8-6-2)15-19(16(3)20)17(4)21/h18H,5-15H2,1-4H3. The van der Waals surface area contributed by atoms with Crippen LogP contribution in [0.3, 0.4) is 0 Å². The minimum atomic E-state index is -0.116. The number of amides is 2. The molecule has 124 valence electrons. The molecule has 2 amide bonds. The first-order chi connectivity index (χ1) is 10.0. The van der Waals surface area contributed by atoms with Gasteiger partial charge in [-0.3, -0.25) is 14.5 Å². The lowest BCUT2D eigenvalue weighted by Crippen LogP contribution is -2.37. The van der Waals surface area contributed by atoms with E-state index in [1.807, 2.05) is 0 Å². The fourth-order valence-corrected chi connectivity index (χ4v) is 2.78. The van der Waals surface area contributed by atoms with Crippen LogP contribution >= 0.6 is 0 Å². The molecule has 0 saturated heterocycles. The second-order valence-electron chi connectivity index (χ2n) is 6.21. The zero-order valence-corrected chi connectivity index (χ0v) is 14.6. The lowest BCUT2D eigenvalue weighted by atomic mass is 9.94. The van der Waals surface area contributed by atoms with Crippen LogP contribution in [0, 0.1) is 5.92 Å². The van der Waals surface area contributed by atoms with Gasteiger partial charge in [0, 0.05) is 20.4 Å². The van der Waals surface area contributed by atoms with Crippen LogP contribution in [-0.4, -0.2) is 23.3 Å². The normalized spacial score (nSPS) is 10.9. The number of carbonyl (C=O) groups is 2. The van der Waals surface area contributed by atoms with Gasteiger partial charge in [0.15, 0.2) is 0 Å². The minimum Gasteiger partial charge on any atom is -0.283 e. The topological polar surface area (TPSA) is 37.4 Å². The van der Waals surface area contributed by atoms with Crippen molar-refractivity contribution in [1.82, 2.24) is 4.90 Å². The maximum Gasteiger partial charge on any atom is 0.226 e. The van der Waals surface area contributed by atoms with E-state index in [1.54, 1.807) is 0 Å². The Balaban J connectivity index is 4.32. The highest BCUT2D eigenvalue weighted by atomic mass is 16.2. The molecule has 3 nitrogen and oxygen atoms in total. The van der Waals surface area contributed by atoms with Crippen LogP contribution in [0.5, 0.6) is 0 Å². The maximum atomic E-state index is 11.6. The van der Waals surface area contributed by atoms with Crippen LogP contribution in [0.2, 0.25) is 0 Å². The second-order valence-corrected chi connectivity index (χ2v) is 6.21. The van der Waals surface area contributed by atoms with E-state index in [0.29, 0.717) is 12.5 Å². The van der Waals surface area contributed by atoms with Crippen LogP contribution in [0.15, 0.2) is 0 Å². The summed E-state index contributed by atoms with van der Waals surface area (Å²) in [6.07, 6.45) is 12.3. The van der Waals surface area contributed by atoms with E-state index in [2.05, 4.69) is 13.8 Å². The molecule has 0 spiro atoms. The number of hydrogen-bond acceptors (Lipinski definition) is 2. The van der Waals surface area contributed by atoms with Crippen LogP contribution in [0.25, 0.3) is 0 Å². The molecule has 0 saturated carbocycles. The molecule has 3 heteroatoms. The molecule has 0 heterocycles. The van der Waals surface area contributed by atoms with E-state index < -0.39 is 0 Å². The van der Waals surface area contributed by atoms with Crippen molar-refractivity contribution in [2.24, 2.45) is 5.92 Å². The van der Waals surface area contributed by atoms with Crippen LogP contribution < -0.4 is 0 Å². The molecule has 0 aromatic carbocycles. The van der Waals surface area contributed by atoms with Crippen molar-refractivity contribution < 1.29 is 9.59 Å². The number of hydrogen-bond donors (Lipinski definition) is 0. The van der Waals surface area contributed by atoms with E-state index in [1.165, 1.54) is 70.1 Å². The molecular formula is C18H35NO2. The number of carbonyl (C=O) groups excluding carboxylic acids is 2. The monoisotopic (exact) mass is 297 g/mol. The van der Waals surface area contributed by atoms with E-state index >= 15 is 0 Å². The maximum absolute atomic E-state index is 11.6. The Morgan fingerprint density at radius 3 is 1.52 bits per heavy atom. The van der Waals surface area contributed by atoms with Crippen LogP contribution in [0.4, 0.5) is 0 Å². The third-order valence-corrected chi connectivity index (χ3v) is 4.13. The summed E-state index contributed by atoms with van der Waals surface area (Å²) in [6, 6.07) is 0. The SMILES string of the molecule is CCCCCCC(CCCCCC)CN(C(C)=O)C(C)=O. The van der Waals surface area contributed by atoms with E-state index in [-0.39, 0.29) is 11.8 Å². The highest BCUT2D eigenvalue weighted by Gasteiger charge is 2.19. The van der Waals surface area contributed by atoms with Gasteiger partial charge in [0.25, 0.3) is 0 Å². The third-order valence-electron chi connectivity index (χ3n) is 4.13. The first-order valence-corrected chi connectivity index (χ1v) is 8.81. The Hall–Kier alpha value is -0.860. The molecule has 0 bridgehead atoms. The number of unbranched alkanes of at least 4 members (excludes halogenated alkanes) is 6. The van der Waals surface area contributed by atoms with Crippen molar-refractivity contribution in [2.45, 2.75) is 91.9 Å². The molecule has 0 radical (unpaired) electrons. The molecule has 0 aromatic rings. The van der Waals surface area contributed by atoms with Gasteiger partial charge >= 0.3 is 0 Å². The molecule has 21 heavy (non-hydrogen) atoms. The quantitative estimate of drug-likeness (QED) is 0.478. The van der Waals surface area contributed by atoms with Gasteiger partial charge in [-0.15, -0.1) is 0 Å². The molecule has 0 aromatic heterocycles. The summed E-state index contributed by atoms with van der Waals surface area (Å²) in [7, 11) is 0. The lowest BCUT2D eigenvalue weighted by Gasteiger charge is -2.24. The first-order valence-electron chi connectivity index (χ1n) is 8.81. The second kappa shape index (κ2) is 12.8. The van der Waals surface area contributed by atoms with Gasteiger partial charge in [0.1, 0.15) is 0 Å². The molecule has 0 N–H and O–H groups in total. The number of nitrogens with zero attached hydrogens (tertiary/aromatic N) is 1. The molecule has 0 unspecified atom stereocenters. The van der Waals surface area contributed by atoms with Gasteiger partial charge < -0.3 is 0 Å². The average Bonchev–Trinajstić information content (AvgIpc) is 2.43. The predicted octanol–water partition coefficient (Wildman–Crippen LogP) is 4.94. The Morgan fingerprint density at radius 2 is 1.19 bits per heavy atom. The lowest BCUT2D eigenvalue weighted by molar-refractivity contribution is -0.142. The van der Waals surface area contributed by atoms with Crippen molar-refractivity contribution in [3.63, 3.8) is 0 Å². The van der Waals surface area contributed by atoms with E-state index in [0.717, 1.165) is 12.8 Å². The number of imide groups is 1. The van der Waals surface area contributed by atoms with Crippen molar-refractivity contribution in [3.8, 4) is 0 Å². The summed E-state index contributed by atoms with van der Waals surface area (Å²) >= 11 is 0. The first kappa shape index (κ1) is 20.1. The van der Waals surface area contributed by atoms with Gasteiger partial charge in [0.05, 0.1) is 0 Å². The molecule has 0 fully saturated rings. The van der Waals surface area contributed by atoms with Gasteiger partial charge in [0.2, 0.25) is 11.8 Å².